The molecule has 2 N–H and O–H groups in total. The first kappa shape index (κ1) is 15.0. The molecular formula is C14H24N4O2. The third-order valence-electron chi connectivity index (χ3n) is 3.49. The van der Waals surface area contributed by atoms with Crippen molar-refractivity contribution in [2.75, 3.05) is 37.0 Å². The van der Waals surface area contributed by atoms with Gasteiger partial charge in [-0.25, -0.2) is 9.97 Å². The molecule has 0 aliphatic carbocycles. The summed E-state index contributed by atoms with van der Waals surface area (Å²) in [5.74, 6) is 2.59. The van der Waals surface area contributed by atoms with E-state index in [1.54, 1.807) is 0 Å². The number of aryl methyl sites for hydroxylation is 1. The van der Waals surface area contributed by atoms with E-state index in [1.165, 1.54) is 0 Å². The van der Waals surface area contributed by atoms with Gasteiger partial charge in [0.05, 0.1) is 25.4 Å². The molecule has 2 atom stereocenters. The summed E-state index contributed by atoms with van der Waals surface area (Å²) in [6, 6.07) is 2.20. The molecule has 2 heterocycles. The van der Waals surface area contributed by atoms with Gasteiger partial charge in [0.2, 0.25) is 0 Å². The molecule has 0 bridgehead atoms. The van der Waals surface area contributed by atoms with Crippen molar-refractivity contribution in [1.82, 2.24) is 9.97 Å². The molecule has 1 saturated heterocycles. The van der Waals surface area contributed by atoms with Gasteiger partial charge in [-0.2, -0.15) is 0 Å². The van der Waals surface area contributed by atoms with Gasteiger partial charge >= 0.3 is 0 Å². The lowest BCUT2D eigenvalue weighted by Gasteiger charge is -2.38. The monoisotopic (exact) mass is 280 g/mol. The molecule has 6 nitrogen and oxygen atoms in total. The summed E-state index contributed by atoms with van der Waals surface area (Å²) < 4.78 is 5.57. The molecule has 1 fully saturated rings. The van der Waals surface area contributed by atoms with Crippen LogP contribution in [0.15, 0.2) is 6.07 Å². The molecule has 1 aromatic heterocycles. The number of hydrogen-bond acceptors (Lipinski definition) is 6. The summed E-state index contributed by atoms with van der Waals surface area (Å²) >= 11 is 0. The fraction of sp³-hybridized carbons (Fsp3) is 0.714. The van der Waals surface area contributed by atoms with E-state index in [-0.39, 0.29) is 18.8 Å². The van der Waals surface area contributed by atoms with Crippen LogP contribution in [0.1, 0.15) is 26.1 Å². The predicted octanol–water partition coefficient (Wildman–Crippen LogP) is 1.06. The Balaban J connectivity index is 2.26. The van der Waals surface area contributed by atoms with E-state index in [9.17, 15) is 5.11 Å². The summed E-state index contributed by atoms with van der Waals surface area (Å²) in [4.78, 5) is 11.3. The zero-order valence-electron chi connectivity index (χ0n) is 12.5. The van der Waals surface area contributed by atoms with Crippen LogP contribution in [0.4, 0.5) is 11.6 Å². The average Bonchev–Trinajstić information content (AvgIpc) is 2.47. The normalized spacial score (nSPS) is 22.9. The maximum atomic E-state index is 9.28. The number of rotatable bonds is 5. The molecule has 112 valence electrons. The van der Waals surface area contributed by atoms with Gasteiger partial charge < -0.3 is 20.1 Å². The first-order chi connectivity index (χ1) is 9.67. The molecule has 1 aliphatic rings. The van der Waals surface area contributed by atoms with Crippen molar-refractivity contribution in [2.24, 2.45) is 0 Å². The third-order valence-corrected chi connectivity index (χ3v) is 3.49. The highest BCUT2D eigenvalue weighted by atomic mass is 16.5. The number of nitrogens with one attached hydrogen (secondary N) is 1. The molecule has 2 unspecified atom stereocenters. The molecular weight excluding hydrogens is 256 g/mol. The number of nitrogens with zero attached hydrogens (tertiary/aromatic N) is 3. The van der Waals surface area contributed by atoms with E-state index in [0.29, 0.717) is 13.2 Å². The van der Waals surface area contributed by atoms with Gasteiger partial charge in [0.1, 0.15) is 17.5 Å². The van der Waals surface area contributed by atoms with Crippen molar-refractivity contribution in [3.05, 3.63) is 11.9 Å². The minimum Gasteiger partial charge on any atom is -0.394 e. The number of ether oxygens (including phenoxy) is 1. The lowest BCUT2D eigenvalue weighted by Crippen LogP contribution is -2.50. The first-order valence-electron chi connectivity index (χ1n) is 7.22. The Hall–Kier alpha value is -1.40. The SMILES string of the molecule is CCCc1nc(NC)cc(N2CC(CO)OCC2C)n1. The fourth-order valence-corrected chi connectivity index (χ4v) is 2.34. The Morgan fingerprint density at radius 2 is 2.30 bits per heavy atom. The molecule has 0 radical (unpaired) electrons. The van der Waals surface area contributed by atoms with Crippen molar-refractivity contribution >= 4 is 11.6 Å². The van der Waals surface area contributed by atoms with Crippen LogP contribution >= 0.6 is 0 Å². The van der Waals surface area contributed by atoms with Crippen molar-refractivity contribution in [3.63, 3.8) is 0 Å². The molecule has 0 spiro atoms. The summed E-state index contributed by atoms with van der Waals surface area (Å²) in [6.45, 7) is 5.52. The lowest BCUT2D eigenvalue weighted by atomic mass is 10.2. The van der Waals surface area contributed by atoms with Crippen LogP contribution in [-0.2, 0) is 11.2 Å². The van der Waals surface area contributed by atoms with Gasteiger partial charge in [0, 0.05) is 26.1 Å². The highest BCUT2D eigenvalue weighted by molar-refractivity contribution is 5.50. The highest BCUT2D eigenvalue weighted by Crippen LogP contribution is 2.22. The van der Waals surface area contributed by atoms with E-state index >= 15 is 0 Å². The van der Waals surface area contributed by atoms with Crippen LogP contribution in [0.5, 0.6) is 0 Å². The summed E-state index contributed by atoms with van der Waals surface area (Å²) in [5, 5.41) is 12.4. The van der Waals surface area contributed by atoms with Gasteiger partial charge in [-0.3, -0.25) is 0 Å². The Morgan fingerprint density at radius 3 is 2.95 bits per heavy atom. The molecule has 1 aliphatic heterocycles. The molecule has 0 aromatic carbocycles. The molecule has 2 rings (SSSR count). The number of aliphatic hydroxyl groups is 1. The van der Waals surface area contributed by atoms with Crippen LogP contribution in [0, 0.1) is 0 Å². The van der Waals surface area contributed by atoms with Crippen LogP contribution in [-0.4, -0.2) is 54.0 Å². The number of hydrogen-bond donors (Lipinski definition) is 2. The van der Waals surface area contributed by atoms with Crippen molar-refractivity contribution in [1.29, 1.82) is 0 Å². The Kier molecular flexibility index (Phi) is 5.14. The predicted molar refractivity (Wildman–Crippen MR) is 79.2 cm³/mol. The second kappa shape index (κ2) is 6.85. The average molecular weight is 280 g/mol. The lowest BCUT2D eigenvalue weighted by molar-refractivity contribution is -0.0105. The van der Waals surface area contributed by atoms with Crippen molar-refractivity contribution in [3.8, 4) is 0 Å². The maximum absolute atomic E-state index is 9.28. The molecule has 20 heavy (non-hydrogen) atoms. The second-order valence-electron chi connectivity index (χ2n) is 5.17. The minimum atomic E-state index is -0.145. The van der Waals surface area contributed by atoms with Gasteiger partial charge in [-0.05, 0) is 13.3 Å². The quantitative estimate of drug-likeness (QED) is 0.840. The maximum Gasteiger partial charge on any atom is 0.134 e. The van der Waals surface area contributed by atoms with E-state index in [2.05, 4.69) is 34.0 Å². The zero-order chi connectivity index (χ0) is 14.5. The van der Waals surface area contributed by atoms with Crippen molar-refractivity contribution in [2.45, 2.75) is 38.8 Å². The molecule has 0 amide bonds. The van der Waals surface area contributed by atoms with Gasteiger partial charge in [-0.1, -0.05) is 6.92 Å². The van der Waals surface area contributed by atoms with Crippen LogP contribution in [0.2, 0.25) is 0 Å². The van der Waals surface area contributed by atoms with Crippen molar-refractivity contribution < 1.29 is 9.84 Å². The fourth-order valence-electron chi connectivity index (χ4n) is 2.34. The van der Waals surface area contributed by atoms with E-state index in [4.69, 9.17) is 4.74 Å². The number of aromatic nitrogens is 2. The summed E-state index contributed by atoms with van der Waals surface area (Å²) in [7, 11) is 1.86. The van der Waals surface area contributed by atoms with Crippen LogP contribution < -0.4 is 10.2 Å². The van der Waals surface area contributed by atoms with Crippen LogP contribution in [0.25, 0.3) is 0 Å². The molecule has 0 saturated carbocycles. The third kappa shape index (κ3) is 3.37. The summed E-state index contributed by atoms with van der Waals surface area (Å²) in [6.07, 6.45) is 1.74. The second-order valence-corrected chi connectivity index (χ2v) is 5.17. The number of aliphatic hydroxyl groups excluding tert-OH is 1. The number of morpholine rings is 1. The van der Waals surface area contributed by atoms with E-state index < -0.39 is 0 Å². The van der Waals surface area contributed by atoms with Crippen LogP contribution in [0.3, 0.4) is 0 Å². The largest absolute Gasteiger partial charge is 0.394 e. The van der Waals surface area contributed by atoms with E-state index in [0.717, 1.165) is 30.3 Å². The standard InChI is InChI=1S/C14H24N4O2/c1-4-5-12-16-13(15-3)6-14(17-12)18-7-11(8-19)20-9-10(18)2/h6,10-11,19H,4-5,7-9H2,1-3H3,(H,15,16,17). The van der Waals surface area contributed by atoms with Gasteiger partial charge in [0.25, 0.3) is 0 Å². The van der Waals surface area contributed by atoms with Gasteiger partial charge in [0.15, 0.2) is 0 Å². The smallest absolute Gasteiger partial charge is 0.134 e. The summed E-state index contributed by atoms with van der Waals surface area (Å²) in [5.41, 5.74) is 0. The Morgan fingerprint density at radius 1 is 1.50 bits per heavy atom. The number of anilines is 2. The Bertz CT molecular complexity index is 441. The van der Waals surface area contributed by atoms with E-state index in [1.807, 2.05) is 13.1 Å². The topological polar surface area (TPSA) is 70.5 Å². The van der Waals surface area contributed by atoms with Gasteiger partial charge in [-0.15, -0.1) is 0 Å². The highest BCUT2D eigenvalue weighted by Gasteiger charge is 2.27. The first-order valence-corrected chi connectivity index (χ1v) is 7.22. The zero-order valence-corrected chi connectivity index (χ0v) is 12.5. The minimum absolute atomic E-state index is 0.0367. The molecule has 1 aromatic rings. The Labute approximate surface area is 120 Å². The molecule has 6 heteroatoms.